The van der Waals surface area contributed by atoms with Crippen LogP contribution in [0.3, 0.4) is 0 Å². The van der Waals surface area contributed by atoms with Crippen LogP contribution in [0.15, 0.2) is 36.7 Å². The second-order valence-electron chi connectivity index (χ2n) is 18.4. The molecule has 1 saturated heterocycles. The number of nitrogens with one attached hydrogen (secondary N) is 1. The van der Waals surface area contributed by atoms with Crippen LogP contribution in [0.25, 0.3) is 11.2 Å². The minimum atomic E-state index is -2.34. The van der Waals surface area contributed by atoms with Gasteiger partial charge in [0.1, 0.15) is 18.3 Å². The average molecular weight is 729 g/mol. The van der Waals surface area contributed by atoms with Gasteiger partial charge in [0.2, 0.25) is 5.95 Å². The van der Waals surface area contributed by atoms with Gasteiger partial charge in [-0.1, -0.05) is 92.6 Å². The molecule has 3 aromatic rings. The van der Waals surface area contributed by atoms with Gasteiger partial charge in [-0.05, 0) is 66.9 Å². The van der Waals surface area contributed by atoms with Crippen LogP contribution in [0.5, 0.6) is 0 Å². The van der Waals surface area contributed by atoms with Crippen LogP contribution in [0.2, 0.25) is 54.4 Å². The molecule has 49 heavy (non-hydrogen) atoms. The second-order valence-corrected chi connectivity index (χ2v) is 32.7. The highest BCUT2D eigenvalue weighted by Crippen LogP contribution is 2.47. The number of benzene rings is 1. The number of nitrogen functional groups attached to an aromatic ring is 1. The minimum Gasteiger partial charge on any atom is -0.414 e. The van der Waals surface area contributed by atoms with Crippen molar-refractivity contribution in [3.05, 3.63) is 42.2 Å². The van der Waals surface area contributed by atoms with Gasteiger partial charge in [-0.3, -0.25) is 4.57 Å². The van der Waals surface area contributed by atoms with Gasteiger partial charge in [0.25, 0.3) is 0 Å². The van der Waals surface area contributed by atoms with Gasteiger partial charge in [-0.15, -0.1) is 0 Å². The molecule has 5 atom stereocenters. The first-order valence-electron chi connectivity index (χ1n) is 17.7. The van der Waals surface area contributed by atoms with Gasteiger partial charge >= 0.3 is 0 Å². The second kappa shape index (κ2) is 13.8. The molecule has 1 fully saturated rings. The van der Waals surface area contributed by atoms with Crippen molar-refractivity contribution in [3.8, 4) is 0 Å². The number of hydrogen-bond acceptors (Lipinski definition) is 9. The van der Waals surface area contributed by atoms with Crippen molar-refractivity contribution in [1.82, 2.24) is 19.5 Å². The van der Waals surface area contributed by atoms with Crippen molar-refractivity contribution in [1.29, 1.82) is 0 Å². The quantitative estimate of drug-likeness (QED) is 0.186. The molecule has 0 unspecified atom stereocenters. The summed E-state index contributed by atoms with van der Waals surface area (Å²) >= 11 is 0. The molecule has 1 aliphatic rings. The number of rotatable bonds is 11. The van der Waals surface area contributed by atoms with E-state index in [4.69, 9.17) is 33.7 Å². The number of imidazole rings is 1. The summed E-state index contributed by atoms with van der Waals surface area (Å²) in [4.78, 5) is 14.2. The number of anilines is 2. The molecule has 10 nitrogen and oxygen atoms in total. The summed E-state index contributed by atoms with van der Waals surface area (Å²) in [6.45, 7) is 36.6. The summed E-state index contributed by atoms with van der Waals surface area (Å²) in [5.41, 5.74) is 8.71. The van der Waals surface area contributed by atoms with E-state index in [0.717, 1.165) is 5.56 Å². The summed E-state index contributed by atoms with van der Waals surface area (Å²) in [6.07, 6.45) is 0.0453. The maximum Gasteiger partial charge on any atom is 0.224 e. The predicted octanol–water partition coefficient (Wildman–Crippen LogP) is 9.28. The molecular weight excluding hydrogens is 665 g/mol. The Balaban J connectivity index is 1.84. The fraction of sp³-hybridized carbons (Fsp3) is 0.694. The number of nitrogens with two attached hydrogens (primary N) is 1. The molecule has 1 aliphatic heterocycles. The van der Waals surface area contributed by atoms with Crippen molar-refractivity contribution >= 4 is 47.9 Å². The van der Waals surface area contributed by atoms with E-state index < -0.39 is 37.3 Å². The van der Waals surface area contributed by atoms with E-state index in [2.05, 4.69) is 131 Å². The third-order valence-electron chi connectivity index (χ3n) is 11.5. The molecule has 0 spiro atoms. The van der Waals surface area contributed by atoms with Gasteiger partial charge < -0.3 is 29.1 Å². The molecule has 2 aromatic heterocycles. The van der Waals surface area contributed by atoms with E-state index in [-0.39, 0.29) is 39.3 Å². The van der Waals surface area contributed by atoms with Gasteiger partial charge in [-0.25, -0.2) is 4.98 Å². The molecule has 13 heteroatoms. The Hall–Kier alpha value is -2.14. The molecule has 0 amide bonds. The predicted molar refractivity (Wildman–Crippen MR) is 209 cm³/mol. The lowest BCUT2D eigenvalue weighted by molar-refractivity contribution is -0.0470. The molecule has 0 bridgehead atoms. The molecular formula is C36H64N6O4Si3. The van der Waals surface area contributed by atoms with E-state index in [0.29, 0.717) is 23.6 Å². The number of fused-ring (bicyclic) bond motifs is 1. The first kappa shape index (κ1) is 39.6. The third-order valence-corrected chi connectivity index (χ3v) is 25.0. The van der Waals surface area contributed by atoms with Gasteiger partial charge in [-0.2, -0.15) is 9.97 Å². The van der Waals surface area contributed by atoms with E-state index in [1.807, 2.05) is 22.8 Å². The zero-order chi connectivity index (χ0) is 37.0. The number of nitrogens with zero attached hydrogens (tertiary/aromatic N) is 4. The van der Waals surface area contributed by atoms with E-state index in [1.165, 1.54) is 0 Å². The molecule has 0 saturated carbocycles. The van der Waals surface area contributed by atoms with Gasteiger partial charge in [0.15, 0.2) is 48.2 Å². The lowest BCUT2D eigenvalue weighted by atomic mass is 10.1. The van der Waals surface area contributed by atoms with Crippen molar-refractivity contribution in [3.63, 3.8) is 0 Å². The fourth-order valence-corrected chi connectivity index (χ4v) is 8.74. The zero-order valence-corrected chi connectivity index (χ0v) is 36.1. The van der Waals surface area contributed by atoms with Crippen LogP contribution in [0, 0.1) is 0 Å². The summed E-state index contributed by atoms with van der Waals surface area (Å²) in [5, 5.41) is 3.52. The van der Waals surface area contributed by atoms with Crippen LogP contribution in [0.1, 0.15) is 87.1 Å². The van der Waals surface area contributed by atoms with Crippen molar-refractivity contribution in [2.45, 2.75) is 154 Å². The lowest BCUT2D eigenvalue weighted by Crippen LogP contribution is -2.54. The number of aromatic nitrogens is 4. The first-order valence-corrected chi connectivity index (χ1v) is 26.4. The molecule has 274 valence electrons. The monoisotopic (exact) mass is 728 g/mol. The Morgan fingerprint density at radius 3 is 1.88 bits per heavy atom. The standard InChI is InChI=1S/C36H64N6O4Si3/c1-24(25-20-18-17-19-21-25)39-30-27-31(41-33(37)40-30)42(23-38-27)32-29(46-49(15,16)36(8,9)10)28(45-48(13,14)35(5,6)7)26(44-32)22-43-47(11,12)34(2,3)4/h17-21,23-24,26,28-29,32H,22H2,1-16H3,(H3,37,39,40,41)/t24-,26+,28+,29+,32+/m0/s1. The van der Waals surface area contributed by atoms with Crippen LogP contribution in [-0.4, -0.2) is 69.4 Å². The fourth-order valence-electron chi connectivity index (χ4n) is 5.13. The molecule has 4 rings (SSSR count). The summed E-state index contributed by atoms with van der Waals surface area (Å²) in [7, 11) is -6.74. The summed E-state index contributed by atoms with van der Waals surface area (Å²) in [5.74, 6) is 0.730. The Morgan fingerprint density at radius 2 is 1.35 bits per heavy atom. The van der Waals surface area contributed by atoms with Crippen LogP contribution in [0.4, 0.5) is 11.8 Å². The number of ether oxygens (including phenoxy) is 1. The Labute approximate surface area is 298 Å². The topological polar surface area (TPSA) is 119 Å². The van der Waals surface area contributed by atoms with Crippen molar-refractivity contribution in [2.75, 3.05) is 17.7 Å². The van der Waals surface area contributed by atoms with Crippen LogP contribution in [-0.2, 0) is 18.0 Å². The molecule has 0 aliphatic carbocycles. The zero-order valence-electron chi connectivity index (χ0n) is 33.1. The SMILES string of the molecule is C[C@H](Nc1nc(N)nc2c1ncn2[C@@H]1O[C@H](CO[Si](C)(C)C(C)(C)C)[C@@H](O[Si](C)(C)C(C)(C)C)[C@H]1O[Si](C)(C)C(C)(C)C)c1ccccc1. The molecule has 0 radical (unpaired) electrons. The van der Waals surface area contributed by atoms with E-state index in [9.17, 15) is 0 Å². The number of hydrogen-bond donors (Lipinski definition) is 2. The van der Waals surface area contributed by atoms with E-state index >= 15 is 0 Å². The first-order chi connectivity index (χ1) is 22.3. The smallest absolute Gasteiger partial charge is 0.224 e. The Bertz CT molecular complexity index is 1580. The highest BCUT2D eigenvalue weighted by molar-refractivity contribution is 6.75. The minimum absolute atomic E-state index is 0.0170. The Kier molecular flexibility index (Phi) is 11.1. The Morgan fingerprint density at radius 1 is 0.816 bits per heavy atom. The largest absolute Gasteiger partial charge is 0.414 e. The molecule has 1 aromatic carbocycles. The van der Waals surface area contributed by atoms with Crippen molar-refractivity contribution in [2.24, 2.45) is 0 Å². The maximum absolute atomic E-state index is 7.36. The third kappa shape index (κ3) is 8.50. The van der Waals surface area contributed by atoms with Gasteiger partial charge in [0.05, 0.1) is 19.0 Å². The van der Waals surface area contributed by atoms with Crippen LogP contribution < -0.4 is 11.1 Å². The highest BCUT2D eigenvalue weighted by atomic mass is 28.4. The summed E-state index contributed by atoms with van der Waals surface area (Å²) in [6, 6.07) is 10.2. The average Bonchev–Trinajstić information content (AvgIpc) is 3.51. The van der Waals surface area contributed by atoms with E-state index in [1.54, 1.807) is 6.33 Å². The molecule has 3 heterocycles. The van der Waals surface area contributed by atoms with Gasteiger partial charge in [0, 0.05) is 0 Å². The molecule has 3 N–H and O–H groups in total. The summed E-state index contributed by atoms with van der Waals surface area (Å²) < 4.78 is 30.6. The lowest BCUT2D eigenvalue weighted by Gasteiger charge is -2.44. The maximum atomic E-state index is 7.36. The van der Waals surface area contributed by atoms with Crippen molar-refractivity contribution < 1.29 is 18.0 Å². The van der Waals surface area contributed by atoms with Crippen LogP contribution >= 0.6 is 0 Å². The highest BCUT2D eigenvalue weighted by Gasteiger charge is 2.55. The normalized spacial score (nSPS) is 22.1.